The van der Waals surface area contributed by atoms with Gasteiger partial charge in [-0.1, -0.05) is 18.2 Å². The summed E-state index contributed by atoms with van der Waals surface area (Å²) in [5, 5.41) is 20.2. The molecule has 1 heterocycles. The van der Waals surface area contributed by atoms with Crippen molar-refractivity contribution in [2.24, 2.45) is 5.92 Å². The highest BCUT2D eigenvalue weighted by Gasteiger charge is 2.26. The fourth-order valence-corrected chi connectivity index (χ4v) is 2.51. The van der Waals surface area contributed by atoms with E-state index >= 15 is 0 Å². The molecule has 1 N–H and O–H groups in total. The quantitative estimate of drug-likeness (QED) is 0.832. The van der Waals surface area contributed by atoms with E-state index in [9.17, 15) is 9.59 Å². The van der Waals surface area contributed by atoms with Crippen molar-refractivity contribution in [3.05, 3.63) is 29.8 Å². The number of para-hydroxylation sites is 1. The van der Waals surface area contributed by atoms with Crippen LogP contribution in [0.25, 0.3) is 0 Å². The molecule has 0 fully saturated rings. The maximum atomic E-state index is 12.1. The van der Waals surface area contributed by atoms with Gasteiger partial charge in [-0.2, -0.15) is 10.5 Å². The molecule has 22 heavy (non-hydrogen) atoms. The molecule has 0 spiro atoms. The largest absolute Gasteiger partial charge is 0.326 e. The van der Waals surface area contributed by atoms with Crippen molar-refractivity contribution >= 4 is 17.5 Å². The van der Waals surface area contributed by atoms with Crippen LogP contribution in [0, 0.1) is 28.6 Å². The second-order valence-electron chi connectivity index (χ2n) is 5.15. The molecular formula is C16H16N4O2. The predicted molar refractivity (Wildman–Crippen MR) is 79.3 cm³/mol. The van der Waals surface area contributed by atoms with Crippen LogP contribution in [0.3, 0.4) is 0 Å². The van der Waals surface area contributed by atoms with Crippen LogP contribution in [-0.2, 0) is 16.0 Å². The summed E-state index contributed by atoms with van der Waals surface area (Å²) >= 11 is 0. The molecular weight excluding hydrogens is 280 g/mol. The summed E-state index contributed by atoms with van der Waals surface area (Å²) in [6.07, 6.45) is 1.17. The third kappa shape index (κ3) is 3.62. The summed E-state index contributed by atoms with van der Waals surface area (Å²) in [5.41, 5.74) is 1.89. The number of hydrogen-bond acceptors (Lipinski definition) is 4. The molecule has 1 aromatic carbocycles. The molecule has 6 heteroatoms. The minimum atomic E-state index is -0.269. The Hall–Kier alpha value is -2.86. The number of nitriles is 2. The highest BCUT2D eigenvalue weighted by Crippen LogP contribution is 2.27. The Kier molecular flexibility index (Phi) is 5.11. The van der Waals surface area contributed by atoms with Gasteiger partial charge < -0.3 is 10.2 Å². The average molecular weight is 296 g/mol. The normalized spacial score (nSPS) is 15.9. The second kappa shape index (κ2) is 7.24. The Morgan fingerprint density at radius 2 is 1.95 bits per heavy atom. The van der Waals surface area contributed by atoms with Gasteiger partial charge >= 0.3 is 0 Å². The Morgan fingerprint density at radius 1 is 1.27 bits per heavy atom. The van der Waals surface area contributed by atoms with Gasteiger partial charge in [-0.05, 0) is 24.5 Å². The number of fused-ring (bicyclic) bond motifs is 1. The third-order valence-corrected chi connectivity index (χ3v) is 3.69. The van der Waals surface area contributed by atoms with E-state index in [1.54, 1.807) is 0 Å². The van der Waals surface area contributed by atoms with E-state index in [4.69, 9.17) is 10.5 Å². The SMILES string of the molecule is N#CCN(CC#N)C(=O)CCC1Cc2ccccc2NC1=O. The van der Waals surface area contributed by atoms with Crippen LogP contribution in [-0.4, -0.2) is 29.8 Å². The molecule has 0 aromatic heterocycles. The Morgan fingerprint density at radius 3 is 2.64 bits per heavy atom. The van der Waals surface area contributed by atoms with Crippen LogP contribution in [0.15, 0.2) is 24.3 Å². The second-order valence-corrected chi connectivity index (χ2v) is 5.15. The first-order valence-corrected chi connectivity index (χ1v) is 7.06. The van der Waals surface area contributed by atoms with E-state index in [0.717, 1.165) is 11.3 Å². The van der Waals surface area contributed by atoms with E-state index in [2.05, 4.69) is 5.32 Å². The smallest absolute Gasteiger partial charge is 0.227 e. The van der Waals surface area contributed by atoms with Crippen molar-refractivity contribution in [2.75, 3.05) is 18.4 Å². The number of amides is 2. The topological polar surface area (TPSA) is 97.0 Å². The van der Waals surface area contributed by atoms with Crippen LogP contribution in [0.5, 0.6) is 0 Å². The zero-order valence-electron chi connectivity index (χ0n) is 12.1. The van der Waals surface area contributed by atoms with Gasteiger partial charge in [0.05, 0.1) is 12.1 Å². The summed E-state index contributed by atoms with van der Waals surface area (Å²) in [7, 11) is 0. The average Bonchev–Trinajstić information content (AvgIpc) is 2.52. The van der Waals surface area contributed by atoms with Crippen molar-refractivity contribution in [3.63, 3.8) is 0 Å². The van der Waals surface area contributed by atoms with Gasteiger partial charge in [0.2, 0.25) is 11.8 Å². The lowest BCUT2D eigenvalue weighted by atomic mass is 9.89. The number of anilines is 1. The van der Waals surface area contributed by atoms with Crippen molar-refractivity contribution in [2.45, 2.75) is 19.3 Å². The van der Waals surface area contributed by atoms with Crippen LogP contribution in [0.4, 0.5) is 5.69 Å². The lowest BCUT2D eigenvalue weighted by molar-refractivity contribution is -0.130. The fraction of sp³-hybridized carbons (Fsp3) is 0.375. The molecule has 6 nitrogen and oxygen atoms in total. The predicted octanol–water partition coefficient (Wildman–Crippen LogP) is 1.45. The number of nitrogens with one attached hydrogen (secondary N) is 1. The summed E-state index contributed by atoms with van der Waals surface area (Å²) < 4.78 is 0. The highest BCUT2D eigenvalue weighted by atomic mass is 16.2. The van der Waals surface area contributed by atoms with E-state index in [1.807, 2.05) is 36.4 Å². The Balaban J connectivity index is 1.95. The van der Waals surface area contributed by atoms with E-state index in [-0.39, 0.29) is 37.2 Å². The van der Waals surface area contributed by atoms with Gasteiger partial charge in [-0.15, -0.1) is 0 Å². The molecule has 2 amide bonds. The third-order valence-electron chi connectivity index (χ3n) is 3.69. The van der Waals surface area contributed by atoms with E-state index in [0.29, 0.717) is 12.8 Å². The lowest BCUT2D eigenvalue weighted by Crippen LogP contribution is -2.34. The summed E-state index contributed by atoms with van der Waals surface area (Å²) in [6.45, 7) is -0.210. The van der Waals surface area contributed by atoms with Crippen LogP contribution in [0.2, 0.25) is 0 Å². The maximum Gasteiger partial charge on any atom is 0.227 e. The molecule has 1 aliphatic heterocycles. The van der Waals surface area contributed by atoms with Gasteiger partial charge in [-0.3, -0.25) is 9.59 Å². The maximum absolute atomic E-state index is 12.1. The summed E-state index contributed by atoms with van der Waals surface area (Å²) in [5.74, 6) is -0.613. The van der Waals surface area contributed by atoms with Crippen LogP contribution in [0.1, 0.15) is 18.4 Å². The van der Waals surface area contributed by atoms with Crippen molar-refractivity contribution in [1.82, 2.24) is 4.90 Å². The highest BCUT2D eigenvalue weighted by molar-refractivity contribution is 5.96. The van der Waals surface area contributed by atoms with E-state index in [1.165, 1.54) is 4.90 Å². The molecule has 2 rings (SSSR count). The number of carbonyl (C=O) groups is 2. The zero-order chi connectivity index (χ0) is 15.9. The molecule has 0 saturated carbocycles. The lowest BCUT2D eigenvalue weighted by Gasteiger charge is -2.25. The first-order chi connectivity index (χ1) is 10.7. The first kappa shape index (κ1) is 15.5. The van der Waals surface area contributed by atoms with Gasteiger partial charge in [-0.25, -0.2) is 0 Å². The van der Waals surface area contributed by atoms with Gasteiger partial charge in [0.15, 0.2) is 0 Å². The monoisotopic (exact) mass is 296 g/mol. The van der Waals surface area contributed by atoms with Gasteiger partial charge in [0.1, 0.15) is 13.1 Å². The first-order valence-electron chi connectivity index (χ1n) is 7.06. The molecule has 1 aliphatic rings. The van der Waals surface area contributed by atoms with Gasteiger partial charge in [0.25, 0.3) is 0 Å². The van der Waals surface area contributed by atoms with Crippen molar-refractivity contribution in [3.8, 4) is 12.1 Å². The van der Waals surface area contributed by atoms with Gasteiger partial charge in [0, 0.05) is 18.0 Å². The number of hydrogen-bond donors (Lipinski definition) is 1. The summed E-state index contributed by atoms with van der Waals surface area (Å²) in [4.78, 5) is 25.3. The molecule has 1 aromatic rings. The molecule has 0 aliphatic carbocycles. The number of rotatable bonds is 5. The molecule has 1 atom stereocenters. The Bertz CT molecular complexity index is 641. The molecule has 0 saturated heterocycles. The summed E-state index contributed by atoms with van der Waals surface area (Å²) in [6, 6.07) is 11.3. The number of carbonyl (C=O) groups excluding carboxylic acids is 2. The van der Waals surface area contributed by atoms with E-state index < -0.39 is 0 Å². The molecule has 0 radical (unpaired) electrons. The minimum Gasteiger partial charge on any atom is -0.326 e. The number of benzene rings is 1. The molecule has 0 bridgehead atoms. The Labute approximate surface area is 128 Å². The minimum absolute atomic E-state index is 0.0846. The fourth-order valence-electron chi connectivity index (χ4n) is 2.51. The zero-order valence-corrected chi connectivity index (χ0v) is 12.1. The van der Waals surface area contributed by atoms with Crippen LogP contribution >= 0.6 is 0 Å². The van der Waals surface area contributed by atoms with Crippen LogP contribution < -0.4 is 5.32 Å². The standard InChI is InChI=1S/C16H16N4O2/c17-7-9-20(10-8-18)15(21)6-5-13-11-12-3-1-2-4-14(12)19-16(13)22/h1-4,13H,5-6,9-11H2,(H,19,22). The molecule has 112 valence electrons. The van der Waals surface area contributed by atoms with Crippen molar-refractivity contribution in [1.29, 1.82) is 10.5 Å². The molecule has 1 unspecified atom stereocenters. The number of nitrogens with zero attached hydrogens (tertiary/aromatic N) is 3. The van der Waals surface area contributed by atoms with Crippen molar-refractivity contribution < 1.29 is 9.59 Å².